The van der Waals surface area contributed by atoms with Crippen LogP contribution in [-0.4, -0.2) is 20.9 Å². The molecule has 100 valence electrons. The molecule has 1 aromatic heterocycles. The van der Waals surface area contributed by atoms with Gasteiger partial charge in [0.15, 0.2) is 0 Å². The lowest BCUT2D eigenvalue weighted by Gasteiger charge is -2.10. The van der Waals surface area contributed by atoms with E-state index in [0.29, 0.717) is 27.4 Å². The number of rotatable bonds is 2. The quantitative estimate of drug-likeness (QED) is 0.895. The van der Waals surface area contributed by atoms with Crippen molar-refractivity contribution in [3.63, 3.8) is 0 Å². The second kappa shape index (κ2) is 5.46. The molecule has 0 saturated carbocycles. The van der Waals surface area contributed by atoms with Crippen molar-refractivity contribution in [3.8, 4) is 0 Å². The Kier molecular flexibility index (Phi) is 3.92. The van der Waals surface area contributed by atoms with Crippen molar-refractivity contribution in [2.24, 2.45) is 0 Å². The molecule has 2 N–H and O–H groups in total. The van der Waals surface area contributed by atoms with Gasteiger partial charge in [-0.2, -0.15) is 0 Å². The third-order valence-electron chi connectivity index (χ3n) is 2.38. The first-order valence-corrected chi connectivity index (χ1v) is 6.14. The summed E-state index contributed by atoms with van der Waals surface area (Å²) < 4.78 is 1.48. The van der Waals surface area contributed by atoms with E-state index in [2.05, 4.69) is 20.9 Å². The van der Waals surface area contributed by atoms with Crippen molar-refractivity contribution < 1.29 is 4.79 Å². The van der Waals surface area contributed by atoms with Crippen molar-refractivity contribution in [2.75, 3.05) is 10.7 Å². The Hall–Kier alpha value is -1.79. The molecule has 2 rings (SSSR count). The highest BCUT2D eigenvalue weighted by Gasteiger charge is 2.09. The Labute approximate surface area is 119 Å². The number of anilines is 1. The molecule has 0 radical (unpaired) electrons. The highest BCUT2D eigenvalue weighted by Crippen LogP contribution is 2.24. The van der Waals surface area contributed by atoms with E-state index in [1.807, 2.05) is 0 Å². The fourth-order valence-electron chi connectivity index (χ4n) is 1.46. The van der Waals surface area contributed by atoms with Gasteiger partial charge in [-0.3, -0.25) is 0 Å². The van der Waals surface area contributed by atoms with Gasteiger partial charge in [0.1, 0.15) is 11.6 Å². The van der Waals surface area contributed by atoms with Gasteiger partial charge in [-0.25, -0.2) is 14.9 Å². The summed E-state index contributed by atoms with van der Waals surface area (Å²) >= 11 is 11.7. The predicted molar refractivity (Wildman–Crippen MR) is 74.3 cm³/mol. The Morgan fingerprint density at radius 2 is 1.79 bits per heavy atom. The van der Waals surface area contributed by atoms with Gasteiger partial charge in [0.2, 0.25) is 0 Å². The van der Waals surface area contributed by atoms with Crippen molar-refractivity contribution in [1.82, 2.24) is 14.9 Å². The summed E-state index contributed by atoms with van der Waals surface area (Å²) in [5.74, 6) is 1.17. The van der Waals surface area contributed by atoms with Crippen LogP contribution in [0.4, 0.5) is 10.5 Å². The van der Waals surface area contributed by atoms with Crippen LogP contribution in [0.3, 0.4) is 0 Å². The first kappa shape index (κ1) is 13.6. The Morgan fingerprint density at radius 1 is 1.16 bits per heavy atom. The fraction of sp³-hybridized carbons (Fsp3) is 0.182. The predicted octanol–water partition coefficient (Wildman–Crippen LogP) is 2.98. The summed E-state index contributed by atoms with van der Waals surface area (Å²) in [4.78, 5) is 11.8. The number of benzene rings is 1. The number of aryl methyl sites for hydroxylation is 2. The second-order valence-corrected chi connectivity index (χ2v) is 4.64. The molecule has 2 amide bonds. The fourth-order valence-corrected chi connectivity index (χ4v) is 1.76. The van der Waals surface area contributed by atoms with Gasteiger partial charge in [-0.05, 0) is 32.0 Å². The molecule has 0 fully saturated rings. The average Bonchev–Trinajstić information content (AvgIpc) is 2.66. The zero-order chi connectivity index (χ0) is 14.0. The maximum absolute atomic E-state index is 11.8. The van der Waals surface area contributed by atoms with Crippen molar-refractivity contribution in [1.29, 1.82) is 0 Å². The smallest absolute Gasteiger partial charge is 0.307 e. The molecule has 1 aromatic carbocycles. The largest absolute Gasteiger partial charge is 0.338 e. The second-order valence-electron chi connectivity index (χ2n) is 3.82. The van der Waals surface area contributed by atoms with Gasteiger partial charge in [-0.15, -0.1) is 10.2 Å². The topological polar surface area (TPSA) is 71.8 Å². The molecular formula is C11H11Cl2N5O. The minimum absolute atomic E-state index is 0.371. The number of nitrogens with zero attached hydrogens (tertiary/aromatic N) is 3. The molecule has 19 heavy (non-hydrogen) atoms. The zero-order valence-electron chi connectivity index (χ0n) is 10.2. The van der Waals surface area contributed by atoms with Gasteiger partial charge in [-0.1, -0.05) is 23.2 Å². The average molecular weight is 300 g/mol. The van der Waals surface area contributed by atoms with Crippen LogP contribution in [0.15, 0.2) is 18.2 Å². The van der Waals surface area contributed by atoms with Gasteiger partial charge in [0.25, 0.3) is 0 Å². The molecule has 0 saturated heterocycles. The van der Waals surface area contributed by atoms with Crippen LogP contribution in [0, 0.1) is 13.8 Å². The molecule has 0 aliphatic rings. The van der Waals surface area contributed by atoms with Crippen molar-refractivity contribution in [3.05, 3.63) is 39.9 Å². The minimum atomic E-state index is -0.426. The summed E-state index contributed by atoms with van der Waals surface area (Å²) in [5.41, 5.74) is 3.14. The highest BCUT2D eigenvalue weighted by molar-refractivity contribution is 6.42. The Balaban J connectivity index is 2.07. The van der Waals surface area contributed by atoms with Gasteiger partial charge in [0.05, 0.1) is 10.0 Å². The molecular weight excluding hydrogens is 289 g/mol. The molecule has 0 aliphatic heterocycles. The van der Waals surface area contributed by atoms with E-state index in [1.165, 1.54) is 4.68 Å². The summed E-state index contributed by atoms with van der Waals surface area (Å²) in [6, 6.07) is 4.40. The Bertz CT molecular complexity index is 606. The number of nitrogens with one attached hydrogen (secondary N) is 2. The first-order valence-electron chi connectivity index (χ1n) is 5.39. The number of urea groups is 1. The molecule has 0 unspecified atom stereocenters. The van der Waals surface area contributed by atoms with Crippen LogP contribution >= 0.6 is 23.2 Å². The van der Waals surface area contributed by atoms with Crippen LogP contribution in [0.1, 0.15) is 11.6 Å². The third kappa shape index (κ3) is 3.15. The summed E-state index contributed by atoms with van der Waals surface area (Å²) in [7, 11) is 0. The third-order valence-corrected chi connectivity index (χ3v) is 3.12. The lowest BCUT2D eigenvalue weighted by molar-refractivity contribution is 0.259. The van der Waals surface area contributed by atoms with Crippen LogP contribution < -0.4 is 10.7 Å². The molecule has 1 heterocycles. The van der Waals surface area contributed by atoms with Crippen LogP contribution in [0.25, 0.3) is 0 Å². The van der Waals surface area contributed by atoms with E-state index in [0.717, 1.165) is 0 Å². The Morgan fingerprint density at radius 3 is 2.37 bits per heavy atom. The van der Waals surface area contributed by atoms with Crippen molar-refractivity contribution >= 4 is 34.9 Å². The molecule has 0 spiro atoms. The van der Waals surface area contributed by atoms with Crippen LogP contribution in [-0.2, 0) is 0 Å². The summed E-state index contributed by atoms with van der Waals surface area (Å²) in [5, 5.41) is 11.1. The molecule has 0 atom stereocenters. The standard InChI is InChI=1S/C11H11Cl2N5O/c1-6-15-16-7(2)18(6)17-11(19)14-8-3-4-9(12)10(13)5-8/h3-5H,1-2H3,(H2,14,17,19). The zero-order valence-corrected chi connectivity index (χ0v) is 11.7. The monoisotopic (exact) mass is 299 g/mol. The van der Waals surface area contributed by atoms with Crippen LogP contribution in [0.2, 0.25) is 10.0 Å². The first-order chi connectivity index (χ1) is 8.97. The summed E-state index contributed by atoms with van der Waals surface area (Å²) in [6.45, 7) is 3.47. The molecule has 0 bridgehead atoms. The van der Waals surface area contributed by atoms with E-state index in [4.69, 9.17) is 23.2 Å². The van der Waals surface area contributed by atoms with E-state index >= 15 is 0 Å². The SMILES string of the molecule is Cc1nnc(C)n1NC(=O)Nc1ccc(Cl)c(Cl)c1. The molecule has 8 heteroatoms. The molecule has 0 aliphatic carbocycles. The van der Waals surface area contributed by atoms with Gasteiger partial charge < -0.3 is 5.32 Å². The number of hydrogen-bond acceptors (Lipinski definition) is 3. The van der Waals surface area contributed by atoms with E-state index in [1.54, 1.807) is 32.0 Å². The number of halogens is 2. The number of carbonyl (C=O) groups is 1. The van der Waals surface area contributed by atoms with Gasteiger partial charge >= 0.3 is 6.03 Å². The van der Waals surface area contributed by atoms with E-state index in [9.17, 15) is 4.79 Å². The summed E-state index contributed by atoms with van der Waals surface area (Å²) in [6.07, 6.45) is 0. The number of carbonyl (C=O) groups excluding carboxylic acids is 1. The van der Waals surface area contributed by atoms with Crippen molar-refractivity contribution in [2.45, 2.75) is 13.8 Å². The molecule has 2 aromatic rings. The lowest BCUT2D eigenvalue weighted by atomic mass is 10.3. The number of amides is 2. The lowest BCUT2D eigenvalue weighted by Crippen LogP contribution is -2.29. The number of aromatic nitrogens is 3. The maximum atomic E-state index is 11.8. The van der Waals surface area contributed by atoms with Gasteiger partial charge in [0, 0.05) is 5.69 Å². The molecule has 6 nitrogen and oxygen atoms in total. The maximum Gasteiger partial charge on any atom is 0.338 e. The van der Waals surface area contributed by atoms with Crippen LogP contribution in [0.5, 0.6) is 0 Å². The highest BCUT2D eigenvalue weighted by atomic mass is 35.5. The number of hydrogen-bond donors (Lipinski definition) is 2. The van der Waals surface area contributed by atoms with E-state index in [-0.39, 0.29) is 0 Å². The van der Waals surface area contributed by atoms with E-state index < -0.39 is 6.03 Å². The minimum Gasteiger partial charge on any atom is -0.307 e. The normalized spacial score (nSPS) is 10.3.